The molecule has 0 bridgehead atoms. The molecule has 25 heavy (non-hydrogen) atoms. The van der Waals surface area contributed by atoms with Gasteiger partial charge < -0.3 is 10.6 Å². The SMILES string of the molecule is Cc1cccc(NC(=O)c2ccccc2NC(=O)[C@]2(C)CC2(Cl)Cl)c1. The van der Waals surface area contributed by atoms with Crippen molar-refractivity contribution in [2.24, 2.45) is 5.41 Å². The molecule has 130 valence electrons. The molecule has 2 amide bonds. The van der Waals surface area contributed by atoms with Crippen LogP contribution in [0.25, 0.3) is 0 Å². The maximum Gasteiger partial charge on any atom is 0.257 e. The second-order valence-electron chi connectivity index (χ2n) is 6.54. The zero-order valence-corrected chi connectivity index (χ0v) is 15.4. The summed E-state index contributed by atoms with van der Waals surface area (Å²) in [5.41, 5.74) is 1.68. The predicted molar refractivity (Wildman–Crippen MR) is 101 cm³/mol. The zero-order valence-electron chi connectivity index (χ0n) is 13.9. The number of alkyl halides is 2. The highest BCUT2D eigenvalue weighted by molar-refractivity contribution is 6.53. The third-order valence-corrected chi connectivity index (χ3v) is 5.56. The molecule has 4 nitrogen and oxygen atoms in total. The van der Waals surface area contributed by atoms with E-state index in [0.717, 1.165) is 5.56 Å². The average molecular weight is 377 g/mol. The second kappa shape index (κ2) is 6.36. The Morgan fingerprint density at radius 1 is 1.04 bits per heavy atom. The molecule has 2 aromatic rings. The molecular weight excluding hydrogens is 359 g/mol. The van der Waals surface area contributed by atoms with Crippen molar-refractivity contribution >= 4 is 46.4 Å². The summed E-state index contributed by atoms with van der Waals surface area (Å²) in [4.78, 5) is 25.1. The number of rotatable bonds is 4. The molecule has 1 saturated carbocycles. The highest BCUT2D eigenvalue weighted by Crippen LogP contribution is 2.64. The molecule has 2 aromatic carbocycles. The highest BCUT2D eigenvalue weighted by atomic mass is 35.5. The van der Waals surface area contributed by atoms with Gasteiger partial charge in [0, 0.05) is 5.69 Å². The van der Waals surface area contributed by atoms with Crippen molar-refractivity contribution in [3.8, 4) is 0 Å². The van der Waals surface area contributed by atoms with Crippen LogP contribution in [-0.4, -0.2) is 16.1 Å². The Morgan fingerprint density at radius 2 is 1.72 bits per heavy atom. The van der Waals surface area contributed by atoms with E-state index in [1.807, 2.05) is 31.2 Å². The highest BCUT2D eigenvalue weighted by Gasteiger charge is 2.67. The van der Waals surface area contributed by atoms with Gasteiger partial charge in [-0.25, -0.2) is 0 Å². The van der Waals surface area contributed by atoms with E-state index >= 15 is 0 Å². The van der Waals surface area contributed by atoms with Crippen LogP contribution in [0.1, 0.15) is 29.3 Å². The van der Waals surface area contributed by atoms with Crippen LogP contribution in [-0.2, 0) is 4.79 Å². The Kier molecular flexibility index (Phi) is 4.52. The van der Waals surface area contributed by atoms with E-state index in [0.29, 0.717) is 23.4 Å². The molecular formula is C19H18Cl2N2O2. The van der Waals surface area contributed by atoms with Gasteiger partial charge in [0.2, 0.25) is 5.91 Å². The number of carbonyl (C=O) groups excluding carboxylic acids is 2. The zero-order chi connectivity index (χ0) is 18.2. The fourth-order valence-corrected chi connectivity index (χ4v) is 3.32. The number of aryl methyl sites for hydroxylation is 1. The maximum atomic E-state index is 12.6. The van der Waals surface area contributed by atoms with Gasteiger partial charge in [0.05, 0.1) is 16.7 Å². The molecule has 0 radical (unpaired) electrons. The van der Waals surface area contributed by atoms with Gasteiger partial charge >= 0.3 is 0 Å². The van der Waals surface area contributed by atoms with Crippen LogP contribution in [0.4, 0.5) is 11.4 Å². The molecule has 0 spiro atoms. The topological polar surface area (TPSA) is 58.2 Å². The van der Waals surface area contributed by atoms with Crippen LogP contribution in [0.2, 0.25) is 0 Å². The van der Waals surface area contributed by atoms with Gasteiger partial charge in [0.15, 0.2) is 0 Å². The van der Waals surface area contributed by atoms with Crippen molar-refractivity contribution in [1.82, 2.24) is 0 Å². The maximum absolute atomic E-state index is 12.6. The molecule has 0 aliphatic heterocycles. The number of nitrogens with one attached hydrogen (secondary N) is 2. The molecule has 3 rings (SSSR count). The Hall–Kier alpha value is -2.04. The van der Waals surface area contributed by atoms with Crippen LogP contribution in [0.3, 0.4) is 0 Å². The third kappa shape index (κ3) is 3.51. The molecule has 1 aliphatic rings. The number of hydrogen-bond acceptors (Lipinski definition) is 2. The molecule has 1 atom stereocenters. The lowest BCUT2D eigenvalue weighted by Gasteiger charge is -2.15. The normalized spacial score (nSPS) is 20.6. The van der Waals surface area contributed by atoms with Crippen LogP contribution < -0.4 is 10.6 Å². The van der Waals surface area contributed by atoms with Gasteiger partial charge in [0.1, 0.15) is 4.33 Å². The fourth-order valence-electron chi connectivity index (χ4n) is 2.62. The average Bonchev–Trinajstić information content (AvgIpc) is 3.07. The molecule has 0 saturated heterocycles. The Morgan fingerprint density at radius 3 is 2.36 bits per heavy atom. The Bertz CT molecular complexity index is 851. The van der Waals surface area contributed by atoms with Gasteiger partial charge in [-0.3, -0.25) is 9.59 Å². The first-order chi connectivity index (χ1) is 11.7. The summed E-state index contributed by atoms with van der Waals surface area (Å²) in [5, 5.41) is 5.62. The van der Waals surface area contributed by atoms with Crippen molar-refractivity contribution in [3.05, 3.63) is 59.7 Å². The molecule has 1 aliphatic carbocycles. The number of halogens is 2. The summed E-state index contributed by atoms with van der Waals surface area (Å²) < 4.78 is -1.06. The van der Waals surface area contributed by atoms with Crippen molar-refractivity contribution < 1.29 is 9.59 Å². The summed E-state index contributed by atoms with van der Waals surface area (Å²) >= 11 is 12.1. The van der Waals surface area contributed by atoms with E-state index in [4.69, 9.17) is 23.2 Å². The van der Waals surface area contributed by atoms with E-state index in [1.165, 1.54) is 0 Å². The first-order valence-electron chi connectivity index (χ1n) is 7.89. The van der Waals surface area contributed by atoms with Crippen molar-refractivity contribution in [2.45, 2.75) is 24.6 Å². The predicted octanol–water partition coefficient (Wildman–Crippen LogP) is 4.77. The first-order valence-corrected chi connectivity index (χ1v) is 8.65. The number of anilines is 2. The molecule has 2 N–H and O–H groups in total. The van der Waals surface area contributed by atoms with Gasteiger partial charge in [-0.15, -0.1) is 23.2 Å². The lowest BCUT2D eigenvalue weighted by atomic mass is 10.1. The van der Waals surface area contributed by atoms with E-state index in [9.17, 15) is 9.59 Å². The largest absolute Gasteiger partial charge is 0.325 e. The lowest BCUT2D eigenvalue weighted by molar-refractivity contribution is -0.120. The monoisotopic (exact) mass is 376 g/mol. The van der Waals surface area contributed by atoms with Crippen molar-refractivity contribution in [1.29, 1.82) is 0 Å². The quantitative estimate of drug-likeness (QED) is 0.754. The van der Waals surface area contributed by atoms with Gasteiger partial charge in [0.25, 0.3) is 5.91 Å². The molecule has 0 unspecified atom stereocenters. The van der Waals surface area contributed by atoms with Crippen LogP contribution in [0.15, 0.2) is 48.5 Å². The lowest BCUT2D eigenvalue weighted by Crippen LogP contribution is -2.27. The summed E-state index contributed by atoms with van der Waals surface area (Å²) in [5.74, 6) is -0.598. The summed E-state index contributed by atoms with van der Waals surface area (Å²) in [7, 11) is 0. The van der Waals surface area contributed by atoms with E-state index in [1.54, 1.807) is 31.2 Å². The van der Waals surface area contributed by atoms with Gasteiger partial charge in [-0.2, -0.15) is 0 Å². The minimum absolute atomic E-state index is 0.298. The summed E-state index contributed by atoms with van der Waals surface area (Å²) in [6, 6.07) is 14.3. The molecule has 0 heterocycles. The molecule has 1 fully saturated rings. The number of amides is 2. The van der Waals surface area contributed by atoms with Gasteiger partial charge in [-0.1, -0.05) is 24.3 Å². The number of benzene rings is 2. The Labute approximate surface area is 156 Å². The standard InChI is InChI=1S/C19H18Cl2N2O2/c1-12-6-5-7-13(10-12)22-16(24)14-8-3-4-9-15(14)23-17(25)18(2)11-19(18,20)21/h3-10H,11H2,1-2H3,(H,22,24)(H,23,25)/t18-/m0/s1. The molecule has 6 heteroatoms. The van der Waals surface area contributed by atoms with E-state index in [-0.39, 0.29) is 11.8 Å². The minimum atomic E-state index is -1.06. The minimum Gasteiger partial charge on any atom is -0.325 e. The van der Waals surface area contributed by atoms with Gasteiger partial charge in [-0.05, 0) is 50.1 Å². The second-order valence-corrected chi connectivity index (χ2v) is 8.02. The first kappa shape index (κ1) is 17.8. The smallest absolute Gasteiger partial charge is 0.257 e. The van der Waals surface area contributed by atoms with Crippen molar-refractivity contribution in [2.75, 3.05) is 10.6 Å². The molecule has 0 aromatic heterocycles. The number of hydrogen-bond donors (Lipinski definition) is 2. The van der Waals surface area contributed by atoms with Crippen LogP contribution in [0, 0.1) is 12.3 Å². The van der Waals surface area contributed by atoms with Crippen molar-refractivity contribution in [3.63, 3.8) is 0 Å². The van der Waals surface area contributed by atoms with E-state index in [2.05, 4.69) is 10.6 Å². The van der Waals surface area contributed by atoms with Crippen LogP contribution >= 0.6 is 23.2 Å². The number of para-hydroxylation sites is 1. The van der Waals surface area contributed by atoms with E-state index < -0.39 is 9.75 Å². The Balaban J connectivity index is 1.79. The van der Waals surface area contributed by atoms with Crippen LogP contribution in [0.5, 0.6) is 0 Å². The third-order valence-electron chi connectivity index (χ3n) is 4.45. The number of carbonyl (C=O) groups is 2. The fraction of sp³-hybridized carbons (Fsp3) is 0.263. The summed E-state index contributed by atoms with van der Waals surface area (Å²) in [6.07, 6.45) is 0.382. The summed E-state index contributed by atoms with van der Waals surface area (Å²) in [6.45, 7) is 3.66.